The Balaban J connectivity index is 1.50. The van der Waals surface area contributed by atoms with Crippen LogP contribution in [0.2, 0.25) is 0 Å². The fourth-order valence-corrected chi connectivity index (χ4v) is 4.10. The standard InChI is InChI=1S/C19H30N2/c1-15-6-5-8-18(14-15)21-12-10-17(11-13-21)20-19-9-4-3-7-16(19)2/h3-4,7,9,15,17-18,20H,5-6,8,10-14H2,1-2H3. The minimum absolute atomic E-state index is 0.656. The molecule has 1 aromatic carbocycles. The molecule has 21 heavy (non-hydrogen) atoms. The summed E-state index contributed by atoms with van der Waals surface area (Å²) in [6.45, 7) is 7.18. The lowest BCUT2D eigenvalue weighted by Crippen LogP contribution is -2.46. The van der Waals surface area contributed by atoms with E-state index < -0.39 is 0 Å². The number of benzene rings is 1. The number of para-hydroxylation sites is 1. The number of nitrogens with zero attached hydrogens (tertiary/aromatic N) is 1. The van der Waals surface area contributed by atoms with Crippen molar-refractivity contribution in [2.24, 2.45) is 5.92 Å². The van der Waals surface area contributed by atoms with Crippen molar-refractivity contribution in [3.05, 3.63) is 29.8 Å². The van der Waals surface area contributed by atoms with Crippen LogP contribution in [0.15, 0.2) is 24.3 Å². The van der Waals surface area contributed by atoms with Gasteiger partial charge in [-0.25, -0.2) is 0 Å². The Morgan fingerprint density at radius 3 is 2.52 bits per heavy atom. The van der Waals surface area contributed by atoms with Crippen LogP contribution in [0.25, 0.3) is 0 Å². The molecule has 0 aromatic heterocycles. The summed E-state index contributed by atoms with van der Waals surface area (Å²) in [5.74, 6) is 0.937. The second-order valence-electron chi connectivity index (χ2n) is 7.20. The maximum Gasteiger partial charge on any atom is 0.0372 e. The van der Waals surface area contributed by atoms with Crippen LogP contribution in [-0.2, 0) is 0 Å². The minimum Gasteiger partial charge on any atom is -0.382 e. The number of aryl methyl sites for hydroxylation is 1. The highest BCUT2D eigenvalue weighted by molar-refractivity contribution is 5.50. The van der Waals surface area contributed by atoms with Crippen molar-refractivity contribution >= 4 is 5.69 Å². The number of hydrogen-bond acceptors (Lipinski definition) is 2. The van der Waals surface area contributed by atoms with Crippen molar-refractivity contribution in [3.63, 3.8) is 0 Å². The van der Waals surface area contributed by atoms with Crippen molar-refractivity contribution in [1.29, 1.82) is 0 Å². The maximum absolute atomic E-state index is 3.75. The first-order chi connectivity index (χ1) is 10.2. The third-order valence-electron chi connectivity index (χ3n) is 5.46. The van der Waals surface area contributed by atoms with E-state index in [1.165, 1.54) is 62.9 Å². The van der Waals surface area contributed by atoms with Crippen molar-refractivity contribution in [1.82, 2.24) is 4.90 Å². The molecule has 2 nitrogen and oxygen atoms in total. The number of rotatable bonds is 3. The Bertz CT molecular complexity index is 449. The van der Waals surface area contributed by atoms with E-state index in [1.807, 2.05) is 0 Å². The monoisotopic (exact) mass is 286 g/mol. The highest BCUT2D eigenvalue weighted by Gasteiger charge is 2.28. The van der Waals surface area contributed by atoms with E-state index >= 15 is 0 Å². The molecule has 0 radical (unpaired) electrons. The molecule has 2 aliphatic rings. The Labute approximate surface area is 129 Å². The van der Waals surface area contributed by atoms with E-state index in [-0.39, 0.29) is 0 Å². The van der Waals surface area contributed by atoms with E-state index in [0.717, 1.165) is 12.0 Å². The molecule has 1 heterocycles. The maximum atomic E-state index is 3.75. The third kappa shape index (κ3) is 3.79. The molecule has 116 valence electrons. The highest BCUT2D eigenvalue weighted by Crippen LogP contribution is 2.29. The highest BCUT2D eigenvalue weighted by atomic mass is 15.2. The fraction of sp³-hybridized carbons (Fsp3) is 0.684. The SMILES string of the molecule is Cc1ccccc1NC1CCN(C2CCCC(C)C2)CC1. The van der Waals surface area contributed by atoms with E-state index in [0.29, 0.717) is 6.04 Å². The lowest BCUT2D eigenvalue weighted by molar-refractivity contribution is 0.109. The largest absolute Gasteiger partial charge is 0.382 e. The Morgan fingerprint density at radius 2 is 1.81 bits per heavy atom. The second kappa shape index (κ2) is 6.83. The summed E-state index contributed by atoms with van der Waals surface area (Å²) in [6.07, 6.45) is 8.32. The molecule has 3 rings (SSSR count). The van der Waals surface area contributed by atoms with Gasteiger partial charge >= 0.3 is 0 Å². The predicted octanol–water partition coefficient (Wildman–Crippen LogP) is 4.45. The van der Waals surface area contributed by atoms with Crippen LogP contribution < -0.4 is 5.32 Å². The van der Waals surface area contributed by atoms with Gasteiger partial charge in [0.2, 0.25) is 0 Å². The van der Waals surface area contributed by atoms with Gasteiger partial charge in [-0.2, -0.15) is 0 Å². The molecule has 2 atom stereocenters. The van der Waals surface area contributed by atoms with Crippen LogP contribution >= 0.6 is 0 Å². The summed E-state index contributed by atoms with van der Waals surface area (Å²) in [5.41, 5.74) is 2.68. The van der Waals surface area contributed by atoms with Crippen LogP contribution in [0.5, 0.6) is 0 Å². The van der Waals surface area contributed by atoms with Gasteiger partial charge in [0.1, 0.15) is 0 Å². The Hall–Kier alpha value is -1.02. The molecule has 1 aromatic rings. The molecule has 1 aliphatic carbocycles. The molecule has 0 amide bonds. The Morgan fingerprint density at radius 1 is 1.05 bits per heavy atom. The van der Waals surface area contributed by atoms with Gasteiger partial charge in [0, 0.05) is 30.9 Å². The van der Waals surface area contributed by atoms with Gasteiger partial charge in [-0.3, -0.25) is 0 Å². The van der Waals surface area contributed by atoms with Crippen LogP contribution in [0, 0.1) is 12.8 Å². The zero-order chi connectivity index (χ0) is 14.7. The summed E-state index contributed by atoms with van der Waals surface area (Å²) in [5, 5.41) is 3.75. The predicted molar refractivity (Wildman–Crippen MR) is 90.8 cm³/mol. The van der Waals surface area contributed by atoms with E-state index in [9.17, 15) is 0 Å². The van der Waals surface area contributed by atoms with Gasteiger partial charge in [0.25, 0.3) is 0 Å². The molecule has 2 unspecified atom stereocenters. The van der Waals surface area contributed by atoms with Gasteiger partial charge in [-0.05, 0) is 50.2 Å². The lowest BCUT2D eigenvalue weighted by Gasteiger charge is -2.41. The van der Waals surface area contributed by atoms with Crippen molar-refractivity contribution in [3.8, 4) is 0 Å². The first-order valence-corrected chi connectivity index (χ1v) is 8.78. The molecule has 1 saturated heterocycles. The molecule has 1 N–H and O–H groups in total. The van der Waals surface area contributed by atoms with E-state index in [1.54, 1.807) is 0 Å². The summed E-state index contributed by atoms with van der Waals surface area (Å²) in [6, 6.07) is 10.2. The molecule has 0 spiro atoms. The molecular weight excluding hydrogens is 256 g/mol. The molecule has 1 saturated carbocycles. The van der Waals surface area contributed by atoms with Crippen LogP contribution in [-0.4, -0.2) is 30.1 Å². The number of anilines is 1. The number of likely N-dealkylation sites (tertiary alicyclic amines) is 1. The van der Waals surface area contributed by atoms with Gasteiger partial charge in [0.05, 0.1) is 0 Å². The van der Waals surface area contributed by atoms with Crippen molar-refractivity contribution < 1.29 is 0 Å². The van der Waals surface area contributed by atoms with Gasteiger partial charge in [-0.1, -0.05) is 38.0 Å². The van der Waals surface area contributed by atoms with Crippen LogP contribution in [0.3, 0.4) is 0 Å². The summed E-state index contributed by atoms with van der Waals surface area (Å²) >= 11 is 0. The molecule has 2 fully saturated rings. The number of nitrogens with one attached hydrogen (secondary N) is 1. The summed E-state index contributed by atoms with van der Waals surface area (Å²) in [7, 11) is 0. The minimum atomic E-state index is 0.656. The first-order valence-electron chi connectivity index (χ1n) is 8.78. The van der Waals surface area contributed by atoms with E-state index in [2.05, 4.69) is 48.3 Å². The third-order valence-corrected chi connectivity index (χ3v) is 5.46. The summed E-state index contributed by atoms with van der Waals surface area (Å²) < 4.78 is 0. The number of piperidine rings is 1. The van der Waals surface area contributed by atoms with Gasteiger partial charge in [-0.15, -0.1) is 0 Å². The second-order valence-corrected chi connectivity index (χ2v) is 7.20. The summed E-state index contributed by atoms with van der Waals surface area (Å²) in [4.78, 5) is 2.77. The number of hydrogen-bond donors (Lipinski definition) is 1. The molecule has 0 bridgehead atoms. The zero-order valence-electron chi connectivity index (χ0n) is 13.6. The van der Waals surface area contributed by atoms with Crippen molar-refractivity contribution in [2.45, 2.75) is 64.5 Å². The van der Waals surface area contributed by atoms with Crippen LogP contribution in [0.1, 0.15) is 51.0 Å². The van der Waals surface area contributed by atoms with E-state index in [4.69, 9.17) is 0 Å². The molecular formula is C19H30N2. The fourth-order valence-electron chi connectivity index (χ4n) is 4.10. The van der Waals surface area contributed by atoms with Crippen molar-refractivity contribution in [2.75, 3.05) is 18.4 Å². The quantitative estimate of drug-likeness (QED) is 0.883. The van der Waals surface area contributed by atoms with Gasteiger partial charge < -0.3 is 10.2 Å². The average Bonchev–Trinajstić information content (AvgIpc) is 2.50. The van der Waals surface area contributed by atoms with Gasteiger partial charge in [0.15, 0.2) is 0 Å². The lowest BCUT2D eigenvalue weighted by atomic mass is 9.85. The Kier molecular flexibility index (Phi) is 4.84. The zero-order valence-corrected chi connectivity index (χ0v) is 13.6. The van der Waals surface area contributed by atoms with Crippen LogP contribution in [0.4, 0.5) is 5.69 Å². The molecule has 1 aliphatic heterocycles. The smallest absolute Gasteiger partial charge is 0.0372 e. The topological polar surface area (TPSA) is 15.3 Å². The average molecular weight is 286 g/mol. The normalized spacial score (nSPS) is 28.5. The molecule has 2 heteroatoms. The first kappa shape index (κ1) is 14.9.